The molecule has 0 aliphatic heterocycles. The fraction of sp³-hybridized carbons (Fsp3) is 0.909. The third-order valence-electron chi connectivity index (χ3n) is 2.99. The van der Waals surface area contributed by atoms with E-state index < -0.39 is 12.2 Å². The Hall–Kier alpha value is -0.300. The topological polar surface area (TPSA) is 85.1 Å². The highest BCUT2D eigenvalue weighted by Crippen LogP contribution is 2.35. The summed E-state index contributed by atoms with van der Waals surface area (Å²) in [6.45, 7) is 2.81. The maximum absolute atomic E-state index is 9.71. The number of hydrogen-bond donors (Lipinski definition) is 4. The monoisotopic (exact) mass is 262 g/mol. The van der Waals surface area contributed by atoms with E-state index in [1.807, 2.05) is 0 Å². The molecule has 0 aromatic heterocycles. The Morgan fingerprint density at radius 1 is 1.47 bits per heavy atom. The zero-order valence-corrected chi connectivity index (χ0v) is 11.2. The van der Waals surface area contributed by atoms with Gasteiger partial charge in [0.2, 0.25) is 0 Å². The van der Waals surface area contributed by atoms with Gasteiger partial charge in [-0.25, -0.2) is 0 Å². The Kier molecular flexibility index (Phi) is 6.26. The third kappa shape index (κ3) is 3.84. The van der Waals surface area contributed by atoms with Crippen molar-refractivity contribution in [3.05, 3.63) is 0 Å². The Morgan fingerprint density at radius 2 is 2.18 bits per heavy atom. The molecule has 0 heterocycles. The molecule has 0 spiro atoms. The van der Waals surface area contributed by atoms with E-state index in [1.54, 1.807) is 7.05 Å². The second-order valence-electron chi connectivity index (χ2n) is 4.25. The van der Waals surface area contributed by atoms with Crippen LogP contribution in [-0.4, -0.2) is 58.1 Å². The lowest BCUT2D eigenvalue weighted by Gasteiger charge is -2.20. The van der Waals surface area contributed by atoms with Crippen molar-refractivity contribution in [2.45, 2.75) is 37.2 Å². The molecule has 0 aromatic carbocycles. The lowest BCUT2D eigenvalue weighted by molar-refractivity contribution is 0.00716. The number of hydrogen-bond acceptors (Lipinski definition) is 5. The summed E-state index contributed by atoms with van der Waals surface area (Å²) in [5.41, 5.74) is 0. The molecule has 1 aliphatic rings. The van der Waals surface area contributed by atoms with Gasteiger partial charge in [-0.2, -0.15) is 0 Å². The summed E-state index contributed by atoms with van der Waals surface area (Å²) in [5.74, 6) is -0.282. The number of aliphatic hydroxyl groups is 3. The van der Waals surface area contributed by atoms with Gasteiger partial charge in [-0.15, -0.1) is 0 Å². The molecule has 0 bridgehead atoms. The van der Waals surface area contributed by atoms with E-state index in [0.29, 0.717) is 6.42 Å². The van der Waals surface area contributed by atoms with Crippen molar-refractivity contribution in [3.63, 3.8) is 0 Å². The average molecular weight is 262 g/mol. The first kappa shape index (κ1) is 14.8. The Balaban J connectivity index is 2.55. The molecule has 1 saturated carbocycles. The standard InChI is InChI=1S/C11H22N2O3S/c1-3-4-13-11(12-2)17-9-5-8(15)10(16)7(9)6-14/h7-10,14-16H,3-6H2,1-2H3,(H,12,13)/t7-,8+,9?,10+/m0/s1. The van der Waals surface area contributed by atoms with Gasteiger partial charge in [0, 0.05) is 31.4 Å². The number of nitrogens with zero attached hydrogens (tertiary/aromatic N) is 1. The summed E-state index contributed by atoms with van der Waals surface area (Å²) in [6, 6.07) is 0. The van der Waals surface area contributed by atoms with Crippen LogP contribution in [0.4, 0.5) is 0 Å². The fourth-order valence-electron chi connectivity index (χ4n) is 1.97. The number of aliphatic imine (C=N–C) groups is 1. The molecule has 6 heteroatoms. The van der Waals surface area contributed by atoms with Crippen LogP contribution < -0.4 is 5.32 Å². The molecule has 1 aliphatic carbocycles. The SMILES string of the molecule is CCCN/C(=N/C)SC1C[C@@H](O)[C@H](O)[C@H]1CO. The predicted octanol–water partition coefficient (Wildman–Crippen LogP) is -0.192. The number of thioether (sulfide) groups is 1. The van der Waals surface area contributed by atoms with Crippen LogP contribution in [0.15, 0.2) is 4.99 Å². The van der Waals surface area contributed by atoms with Crippen molar-refractivity contribution in [2.75, 3.05) is 20.2 Å². The first-order valence-electron chi connectivity index (χ1n) is 5.98. The first-order chi connectivity index (χ1) is 8.13. The second kappa shape index (κ2) is 7.20. The molecule has 1 unspecified atom stereocenters. The van der Waals surface area contributed by atoms with Crippen LogP contribution in [0.5, 0.6) is 0 Å². The number of rotatable bonds is 4. The van der Waals surface area contributed by atoms with Crippen molar-refractivity contribution in [1.82, 2.24) is 5.32 Å². The van der Waals surface area contributed by atoms with E-state index in [-0.39, 0.29) is 17.8 Å². The van der Waals surface area contributed by atoms with Crippen LogP contribution in [0.3, 0.4) is 0 Å². The highest BCUT2D eigenvalue weighted by molar-refractivity contribution is 8.14. The van der Waals surface area contributed by atoms with Crippen molar-refractivity contribution >= 4 is 16.9 Å². The van der Waals surface area contributed by atoms with Gasteiger partial charge in [-0.1, -0.05) is 18.7 Å². The van der Waals surface area contributed by atoms with Gasteiger partial charge in [-0.05, 0) is 12.8 Å². The van der Waals surface area contributed by atoms with E-state index in [1.165, 1.54) is 11.8 Å². The van der Waals surface area contributed by atoms with E-state index in [2.05, 4.69) is 17.2 Å². The number of amidine groups is 1. The maximum atomic E-state index is 9.71. The van der Waals surface area contributed by atoms with Crippen LogP contribution in [0, 0.1) is 5.92 Å². The highest BCUT2D eigenvalue weighted by Gasteiger charge is 2.42. The zero-order valence-electron chi connectivity index (χ0n) is 10.3. The number of nitrogens with one attached hydrogen (secondary N) is 1. The molecule has 100 valence electrons. The summed E-state index contributed by atoms with van der Waals surface area (Å²) in [6.07, 6.45) is -0.0706. The molecule has 0 aromatic rings. The van der Waals surface area contributed by atoms with Gasteiger partial charge in [0.05, 0.1) is 12.2 Å². The minimum absolute atomic E-state index is 0.00746. The molecule has 17 heavy (non-hydrogen) atoms. The summed E-state index contributed by atoms with van der Waals surface area (Å²) in [4.78, 5) is 4.13. The Morgan fingerprint density at radius 3 is 2.71 bits per heavy atom. The molecular formula is C11H22N2O3S. The second-order valence-corrected chi connectivity index (χ2v) is 5.48. The molecular weight excluding hydrogens is 240 g/mol. The van der Waals surface area contributed by atoms with Gasteiger partial charge < -0.3 is 20.6 Å². The van der Waals surface area contributed by atoms with Gasteiger partial charge in [-0.3, -0.25) is 4.99 Å². The van der Waals surface area contributed by atoms with Gasteiger partial charge >= 0.3 is 0 Å². The Bertz CT molecular complexity index is 263. The van der Waals surface area contributed by atoms with Crippen molar-refractivity contribution in [1.29, 1.82) is 0 Å². The van der Waals surface area contributed by atoms with Crippen molar-refractivity contribution in [2.24, 2.45) is 10.9 Å². The quantitative estimate of drug-likeness (QED) is 0.417. The molecule has 0 saturated heterocycles. The predicted molar refractivity (Wildman–Crippen MR) is 70.2 cm³/mol. The first-order valence-corrected chi connectivity index (χ1v) is 6.86. The summed E-state index contributed by atoms with van der Waals surface area (Å²) < 4.78 is 0. The minimum atomic E-state index is -0.832. The van der Waals surface area contributed by atoms with E-state index in [4.69, 9.17) is 0 Å². The molecule has 4 N–H and O–H groups in total. The molecule has 0 amide bonds. The third-order valence-corrected chi connectivity index (χ3v) is 4.38. The van der Waals surface area contributed by atoms with E-state index >= 15 is 0 Å². The van der Waals surface area contributed by atoms with Crippen LogP contribution in [0.1, 0.15) is 19.8 Å². The number of aliphatic hydroxyl groups excluding tert-OH is 3. The summed E-state index contributed by atoms with van der Waals surface area (Å²) in [7, 11) is 1.71. The average Bonchev–Trinajstić information content (AvgIpc) is 2.60. The van der Waals surface area contributed by atoms with Crippen LogP contribution in [0.25, 0.3) is 0 Å². The summed E-state index contributed by atoms with van der Waals surface area (Å²) in [5, 5.41) is 32.5. The van der Waals surface area contributed by atoms with Crippen LogP contribution in [-0.2, 0) is 0 Å². The highest BCUT2D eigenvalue weighted by atomic mass is 32.2. The lowest BCUT2D eigenvalue weighted by Crippen LogP contribution is -2.31. The fourth-order valence-corrected chi connectivity index (χ4v) is 3.26. The smallest absolute Gasteiger partial charge is 0.156 e. The molecule has 1 fully saturated rings. The summed E-state index contributed by atoms with van der Waals surface area (Å²) >= 11 is 1.49. The molecule has 4 atom stereocenters. The van der Waals surface area contributed by atoms with Gasteiger partial charge in [0.1, 0.15) is 0 Å². The molecule has 5 nitrogen and oxygen atoms in total. The maximum Gasteiger partial charge on any atom is 0.156 e. The lowest BCUT2D eigenvalue weighted by atomic mass is 10.1. The van der Waals surface area contributed by atoms with Gasteiger partial charge in [0.25, 0.3) is 0 Å². The molecule has 0 radical (unpaired) electrons. The van der Waals surface area contributed by atoms with Crippen molar-refractivity contribution in [3.8, 4) is 0 Å². The van der Waals surface area contributed by atoms with Crippen molar-refractivity contribution < 1.29 is 15.3 Å². The molecule has 1 rings (SSSR count). The van der Waals surface area contributed by atoms with Crippen LogP contribution >= 0.6 is 11.8 Å². The minimum Gasteiger partial charge on any atom is -0.396 e. The van der Waals surface area contributed by atoms with Gasteiger partial charge in [0.15, 0.2) is 5.17 Å². The Labute approximate surface area is 106 Å². The zero-order chi connectivity index (χ0) is 12.8. The largest absolute Gasteiger partial charge is 0.396 e. The normalized spacial score (nSPS) is 34.1. The van der Waals surface area contributed by atoms with Crippen LogP contribution in [0.2, 0.25) is 0 Å². The van der Waals surface area contributed by atoms with E-state index in [0.717, 1.165) is 18.1 Å². The van der Waals surface area contributed by atoms with E-state index in [9.17, 15) is 15.3 Å².